The number of hydrogen-bond donors (Lipinski definition) is 2. The first-order chi connectivity index (χ1) is 12.1. The van der Waals surface area contributed by atoms with Crippen LogP contribution in [0.4, 0.5) is 5.69 Å². The lowest BCUT2D eigenvalue weighted by atomic mass is 10.1. The first-order valence-corrected chi connectivity index (χ1v) is 9.74. The van der Waals surface area contributed by atoms with E-state index >= 15 is 0 Å². The summed E-state index contributed by atoms with van der Waals surface area (Å²) in [6, 6.07) is 15.7. The van der Waals surface area contributed by atoms with Crippen LogP contribution in [0.1, 0.15) is 33.3 Å². The molecule has 2 rings (SSSR count). The molecule has 2 aromatic rings. The Kier molecular flexibility index (Phi) is 6.00. The van der Waals surface area contributed by atoms with Gasteiger partial charge in [-0.2, -0.15) is 0 Å². The minimum Gasteiger partial charge on any atom is -0.322 e. The second kappa shape index (κ2) is 7.85. The van der Waals surface area contributed by atoms with Gasteiger partial charge in [-0.15, -0.1) is 0 Å². The molecule has 0 bridgehead atoms. The number of allylic oxidation sites excluding steroid dienone is 1. The SMILES string of the molecule is C/C(=C\C(=O)Nc1cccc(S(=O)(=O)NC(C)(C)C)c1)c1ccccc1. The average Bonchev–Trinajstić information content (AvgIpc) is 2.53. The third kappa shape index (κ3) is 5.82. The standard InChI is InChI=1S/C20H24N2O3S/c1-15(16-9-6-5-7-10-16)13-19(23)21-17-11-8-12-18(14-17)26(24,25)22-20(2,3)4/h5-14,22H,1-4H3,(H,21,23)/b15-13+. The van der Waals surface area contributed by atoms with Gasteiger partial charge in [-0.05, 0) is 57.0 Å². The largest absolute Gasteiger partial charge is 0.322 e. The number of benzene rings is 2. The molecule has 0 spiro atoms. The smallest absolute Gasteiger partial charge is 0.248 e. The summed E-state index contributed by atoms with van der Waals surface area (Å²) in [5, 5.41) is 2.71. The van der Waals surface area contributed by atoms with E-state index in [1.54, 1.807) is 32.9 Å². The monoisotopic (exact) mass is 372 g/mol. The molecule has 0 atom stereocenters. The van der Waals surface area contributed by atoms with Gasteiger partial charge in [-0.1, -0.05) is 36.4 Å². The minimum atomic E-state index is -3.66. The van der Waals surface area contributed by atoms with E-state index in [4.69, 9.17) is 0 Å². The molecule has 6 heteroatoms. The Bertz CT molecular complexity index is 912. The van der Waals surface area contributed by atoms with Crippen LogP contribution in [0.3, 0.4) is 0 Å². The van der Waals surface area contributed by atoms with E-state index < -0.39 is 15.6 Å². The van der Waals surface area contributed by atoms with Gasteiger partial charge in [0.25, 0.3) is 0 Å². The van der Waals surface area contributed by atoms with Crippen LogP contribution in [0, 0.1) is 0 Å². The Balaban J connectivity index is 2.17. The summed E-state index contributed by atoms with van der Waals surface area (Å²) < 4.78 is 27.4. The topological polar surface area (TPSA) is 75.3 Å². The quantitative estimate of drug-likeness (QED) is 0.784. The third-order valence-electron chi connectivity index (χ3n) is 3.43. The summed E-state index contributed by atoms with van der Waals surface area (Å²) in [6.45, 7) is 7.16. The number of carbonyl (C=O) groups is 1. The average molecular weight is 372 g/mol. The zero-order valence-corrected chi connectivity index (χ0v) is 16.2. The molecule has 0 unspecified atom stereocenters. The predicted molar refractivity (Wildman–Crippen MR) is 105 cm³/mol. The first-order valence-electron chi connectivity index (χ1n) is 8.26. The molecule has 138 valence electrons. The molecular formula is C20H24N2O3S. The highest BCUT2D eigenvalue weighted by molar-refractivity contribution is 7.89. The van der Waals surface area contributed by atoms with E-state index in [1.807, 2.05) is 37.3 Å². The first kappa shape index (κ1) is 19.9. The van der Waals surface area contributed by atoms with Gasteiger partial charge in [0.2, 0.25) is 15.9 Å². The maximum Gasteiger partial charge on any atom is 0.248 e. The van der Waals surface area contributed by atoms with Crippen molar-refractivity contribution in [2.24, 2.45) is 0 Å². The van der Waals surface area contributed by atoms with E-state index in [1.165, 1.54) is 18.2 Å². The van der Waals surface area contributed by atoms with Crippen molar-refractivity contribution in [3.63, 3.8) is 0 Å². The zero-order chi connectivity index (χ0) is 19.4. The highest BCUT2D eigenvalue weighted by atomic mass is 32.2. The Hall–Kier alpha value is -2.44. The predicted octanol–water partition coefficient (Wildman–Crippen LogP) is 3.81. The summed E-state index contributed by atoms with van der Waals surface area (Å²) in [5.74, 6) is -0.315. The maximum absolute atomic E-state index is 12.4. The molecule has 2 N–H and O–H groups in total. The van der Waals surface area contributed by atoms with E-state index in [0.717, 1.165) is 11.1 Å². The Labute approximate surface area is 155 Å². The molecule has 0 radical (unpaired) electrons. The summed E-state index contributed by atoms with van der Waals surface area (Å²) in [7, 11) is -3.66. The molecule has 0 saturated carbocycles. The summed E-state index contributed by atoms with van der Waals surface area (Å²) in [4.78, 5) is 12.3. The fourth-order valence-corrected chi connectivity index (χ4v) is 3.83. The molecule has 0 fully saturated rings. The molecule has 5 nitrogen and oxygen atoms in total. The van der Waals surface area contributed by atoms with Crippen molar-refractivity contribution in [2.45, 2.75) is 38.1 Å². The van der Waals surface area contributed by atoms with Crippen LogP contribution in [0.25, 0.3) is 5.57 Å². The molecule has 26 heavy (non-hydrogen) atoms. The van der Waals surface area contributed by atoms with Crippen molar-refractivity contribution in [3.05, 3.63) is 66.2 Å². The normalized spacial score (nSPS) is 12.7. The van der Waals surface area contributed by atoms with Crippen LogP contribution < -0.4 is 10.0 Å². The highest BCUT2D eigenvalue weighted by Crippen LogP contribution is 2.18. The molecule has 0 aliphatic heterocycles. The molecule has 0 heterocycles. The van der Waals surface area contributed by atoms with Crippen LogP contribution in [0.15, 0.2) is 65.6 Å². The number of carbonyl (C=O) groups excluding carboxylic acids is 1. The lowest BCUT2D eigenvalue weighted by Crippen LogP contribution is -2.40. The van der Waals surface area contributed by atoms with E-state index in [2.05, 4.69) is 10.0 Å². The number of hydrogen-bond acceptors (Lipinski definition) is 3. The lowest BCUT2D eigenvalue weighted by molar-refractivity contribution is -0.111. The Morgan fingerprint density at radius 1 is 1.00 bits per heavy atom. The number of sulfonamides is 1. The van der Waals surface area contributed by atoms with Gasteiger partial charge in [0.05, 0.1) is 4.90 Å². The van der Waals surface area contributed by atoms with Gasteiger partial charge in [0, 0.05) is 17.3 Å². The molecule has 0 saturated heterocycles. The molecule has 2 aromatic carbocycles. The van der Waals surface area contributed by atoms with Gasteiger partial charge >= 0.3 is 0 Å². The van der Waals surface area contributed by atoms with Crippen molar-refractivity contribution in [3.8, 4) is 0 Å². The molecule has 0 aliphatic rings. The summed E-state index contributed by atoms with van der Waals surface area (Å²) >= 11 is 0. The van der Waals surface area contributed by atoms with Crippen LogP contribution >= 0.6 is 0 Å². The minimum absolute atomic E-state index is 0.106. The Morgan fingerprint density at radius 3 is 2.27 bits per heavy atom. The molecule has 1 amide bonds. The molecular weight excluding hydrogens is 348 g/mol. The number of rotatable bonds is 5. The van der Waals surface area contributed by atoms with Crippen LogP contribution in [0.5, 0.6) is 0 Å². The van der Waals surface area contributed by atoms with Gasteiger partial charge in [-0.3, -0.25) is 4.79 Å². The molecule has 0 aliphatic carbocycles. The van der Waals surface area contributed by atoms with Crippen molar-refractivity contribution in [2.75, 3.05) is 5.32 Å². The number of amides is 1. The van der Waals surface area contributed by atoms with E-state index in [-0.39, 0.29) is 10.8 Å². The van der Waals surface area contributed by atoms with Gasteiger partial charge in [0.15, 0.2) is 0 Å². The fourth-order valence-electron chi connectivity index (χ4n) is 2.36. The fraction of sp³-hybridized carbons (Fsp3) is 0.250. The van der Waals surface area contributed by atoms with Crippen LogP contribution in [0.2, 0.25) is 0 Å². The van der Waals surface area contributed by atoms with Gasteiger partial charge in [0.1, 0.15) is 0 Å². The van der Waals surface area contributed by atoms with Gasteiger partial charge < -0.3 is 5.32 Å². The highest BCUT2D eigenvalue weighted by Gasteiger charge is 2.22. The Morgan fingerprint density at radius 2 is 1.65 bits per heavy atom. The van der Waals surface area contributed by atoms with E-state index in [0.29, 0.717) is 5.69 Å². The van der Waals surface area contributed by atoms with Crippen molar-refractivity contribution in [1.29, 1.82) is 0 Å². The van der Waals surface area contributed by atoms with Gasteiger partial charge in [-0.25, -0.2) is 13.1 Å². The lowest BCUT2D eigenvalue weighted by Gasteiger charge is -2.20. The third-order valence-corrected chi connectivity index (χ3v) is 5.18. The van der Waals surface area contributed by atoms with Crippen molar-refractivity contribution in [1.82, 2.24) is 4.72 Å². The molecule has 0 aromatic heterocycles. The second-order valence-electron chi connectivity index (χ2n) is 7.07. The van der Waals surface area contributed by atoms with Crippen molar-refractivity contribution < 1.29 is 13.2 Å². The van der Waals surface area contributed by atoms with Crippen molar-refractivity contribution >= 4 is 27.2 Å². The second-order valence-corrected chi connectivity index (χ2v) is 8.75. The van der Waals surface area contributed by atoms with Crippen LogP contribution in [-0.2, 0) is 14.8 Å². The van der Waals surface area contributed by atoms with Crippen LogP contribution in [-0.4, -0.2) is 19.9 Å². The number of nitrogens with one attached hydrogen (secondary N) is 2. The number of anilines is 1. The van der Waals surface area contributed by atoms with E-state index in [9.17, 15) is 13.2 Å². The zero-order valence-electron chi connectivity index (χ0n) is 15.4. The summed E-state index contributed by atoms with van der Waals surface area (Å²) in [6.07, 6.45) is 1.49. The maximum atomic E-state index is 12.4. The summed E-state index contributed by atoms with van der Waals surface area (Å²) in [5.41, 5.74) is 1.60.